The fraction of sp³-hybridized carbons (Fsp3) is 0.333. The summed E-state index contributed by atoms with van der Waals surface area (Å²) in [5.74, 6) is -1.65. The number of ether oxygens (including phenoxy) is 1. The second-order valence-electron chi connectivity index (χ2n) is 3.81. The Hall–Kier alpha value is -2.11. The molecule has 1 amide bonds. The SMILES string of the molecule is CC(CC(=O)O)NC(=O)COc1cccc(F)c1. The topological polar surface area (TPSA) is 75.6 Å². The molecule has 1 unspecified atom stereocenters. The normalized spacial score (nSPS) is 11.7. The summed E-state index contributed by atoms with van der Waals surface area (Å²) in [6.07, 6.45) is -0.161. The van der Waals surface area contributed by atoms with Crippen LogP contribution < -0.4 is 10.1 Å². The molecule has 18 heavy (non-hydrogen) atoms. The van der Waals surface area contributed by atoms with Crippen molar-refractivity contribution >= 4 is 11.9 Å². The number of hydrogen-bond acceptors (Lipinski definition) is 3. The molecular weight excluding hydrogens is 241 g/mol. The van der Waals surface area contributed by atoms with Crippen LogP contribution in [0.25, 0.3) is 0 Å². The molecule has 1 rings (SSSR count). The number of carbonyl (C=O) groups excluding carboxylic acids is 1. The van der Waals surface area contributed by atoms with Crippen LogP contribution in [0.2, 0.25) is 0 Å². The molecule has 0 aliphatic rings. The maximum absolute atomic E-state index is 12.8. The average Bonchev–Trinajstić information content (AvgIpc) is 2.25. The Morgan fingerprint density at radius 2 is 2.22 bits per heavy atom. The largest absolute Gasteiger partial charge is 0.484 e. The molecule has 0 fully saturated rings. The van der Waals surface area contributed by atoms with E-state index in [1.165, 1.54) is 18.2 Å². The first kappa shape index (κ1) is 14.0. The minimum Gasteiger partial charge on any atom is -0.484 e. The highest BCUT2D eigenvalue weighted by atomic mass is 19.1. The van der Waals surface area contributed by atoms with E-state index in [1.807, 2.05) is 0 Å². The van der Waals surface area contributed by atoms with Crippen LogP contribution in [-0.4, -0.2) is 29.6 Å². The highest BCUT2D eigenvalue weighted by molar-refractivity contribution is 5.78. The minimum absolute atomic E-state index is 0.161. The summed E-state index contributed by atoms with van der Waals surface area (Å²) in [7, 11) is 0. The number of hydrogen-bond donors (Lipinski definition) is 2. The molecule has 0 radical (unpaired) electrons. The van der Waals surface area contributed by atoms with E-state index in [0.717, 1.165) is 6.07 Å². The molecule has 0 spiro atoms. The monoisotopic (exact) mass is 255 g/mol. The Morgan fingerprint density at radius 1 is 1.50 bits per heavy atom. The number of halogens is 1. The van der Waals surface area contributed by atoms with Crippen LogP contribution in [0.15, 0.2) is 24.3 Å². The number of rotatable bonds is 6. The summed E-state index contributed by atoms with van der Waals surface area (Å²) < 4.78 is 17.9. The smallest absolute Gasteiger partial charge is 0.305 e. The Labute approximate surface area is 104 Å². The van der Waals surface area contributed by atoms with Gasteiger partial charge in [-0.3, -0.25) is 9.59 Å². The zero-order chi connectivity index (χ0) is 13.5. The molecule has 1 aromatic rings. The second kappa shape index (κ2) is 6.58. The van der Waals surface area contributed by atoms with E-state index >= 15 is 0 Å². The van der Waals surface area contributed by atoms with Crippen LogP contribution in [0.5, 0.6) is 5.75 Å². The van der Waals surface area contributed by atoms with Gasteiger partial charge in [0.25, 0.3) is 5.91 Å². The Morgan fingerprint density at radius 3 is 2.83 bits per heavy atom. The molecule has 0 saturated heterocycles. The molecular formula is C12H14FNO4. The van der Waals surface area contributed by atoms with E-state index in [2.05, 4.69) is 5.32 Å². The lowest BCUT2D eigenvalue weighted by Gasteiger charge is -2.12. The van der Waals surface area contributed by atoms with E-state index in [4.69, 9.17) is 9.84 Å². The van der Waals surface area contributed by atoms with Gasteiger partial charge >= 0.3 is 5.97 Å². The van der Waals surface area contributed by atoms with Crippen LogP contribution in [-0.2, 0) is 9.59 Å². The van der Waals surface area contributed by atoms with Crippen LogP contribution >= 0.6 is 0 Å². The number of aliphatic carboxylic acids is 1. The summed E-state index contributed by atoms with van der Waals surface area (Å²) in [6, 6.07) is 4.94. The lowest BCUT2D eigenvalue weighted by atomic mass is 10.2. The first-order chi connectivity index (χ1) is 8.47. The lowest BCUT2D eigenvalue weighted by molar-refractivity contribution is -0.137. The van der Waals surface area contributed by atoms with Gasteiger partial charge in [-0.15, -0.1) is 0 Å². The molecule has 1 atom stereocenters. The van der Waals surface area contributed by atoms with Crippen LogP contribution in [0, 0.1) is 5.82 Å². The van der Waals surface area contributed by atoms with Crippen molar-refractivity contribution in [1.82, 2.24) is 5.32 Å². The van der Waals surface area contributed by atoms with E-state index in [-0.39, 0.29) is 18.8 Å². The summed E-state index contributed by atoms with van der Waals surface area (Å²) >= 11 is 0. The third-order valence-corrected chi connectivity index (χ3v) is 2.05. The molecule has 0 saturated carbocycles. The molecule has 1 aromatic carbocycles. The van der Waals surface area contributed by atoms with Gasteiger partial charge in [0.15, 0.2) is 6.61 Å². The third-order valence-electron chi connectivity index (χ3n) is 2.05. The standard InChI is InChI=1S/C12H14FNO4/c1-8(5-12(16)17)14-11(15)7-18-10-4-2-3-9(13)6-10/h2-4,6,8H,5,7H2,1H3,(H,14,15)(H,16,17). The predicted molar refractivity (Wildman–Crippen MR) is 61.8 cm³/mol. The maximum atomic E-state index is 12.8. The van der Waals surface area contributed by atoms with Crippen molar-refractivity contribution in [2.75, 3.05) is 6.61 Å². The van der Waals surface area contributed by atoms with Gasteiger partial charge in [0.2, 0.25) is 0 Å². The molecule has 98 valence electrons. The summed E-state index contributed by atoms with van der Waals surface area (Å²) in [6.45, 7) is 1.29. The van der Waals surface area contributed by atoms with Crippen LogP contribution in [0.1, 0.15) is 13.3 Å². The zero-order valence-electron chi connectivity index (χ0n) is 9.85. The maximum Gasteiger partial charge on any atom is 0.305 e. The fourth-order valence-electron chi connectivity index (χ4n) is 1.34. The molecule has 0 aliphatic carbocycles. The van der Waals surface area contributed by atoms with Crippen molar-refractivity contribution in [3.8, 4) is 5.75 Å². The molecule has 6 heteroatoms. The van der Waals surface area contributed by atoms with Gasteiger partial charge in [0.1, 0.15) is 11.6 Å². The zero-order valence-corrected chi connectivity index (χ0v) is 9.85. The minimum atomic E-state index is -0.992. The number of carboxylic acid groups (broad SMARTS) is 1. The quantitative estimate of drug-likeness (QED) is 0.800. The Balaban J connectivity index is 2.35. The predicted octanol–water partition coefficient (Wildman–Crippen LogP) is 1.18. The average molecular weight is 255 g/mol. The fourth-order valence-corrected chi connectivity index (χ4v) is 1.34. The van der Waals surface area contributed by atoms with E-state index < -0.39 is 23.7 Å². The van der Waals surface area contributed by atoms with Gasteiger partial charge in [0.05, 0.1) is 6.42 Å². The highest BCUT2D eigenvalue weighted by Gasteiger charge is 2.11. The van der Waals surface area contributed by atoms with Gasteiger partial charge in [0, 0.05) is 12.1 Å². The number of nitrogens with one attached hydrogen (secondary N) is 1. The lowest BCUT2D eigenvalue weighted by Crippen LogP contribution is -2.37. The molecule has 0 aliphatic heterocycles. The number of carboxylic acids is 1. The third kappa shape index (κ3) is 5.29. The highest BCUT2D eigenvalue weighted by Crippen LogP contribution is 2.11. The van der Waals surface area contributed by atoms with Crippen LogP contribution in [0.4, 0.5) is 4.39 Å². The van der Waals surface area contributed by atoms with E-state index in [0.29, 0.717) is 0 Å². The molecule has 5 nitrogen and oxygen atoms in total. The van der Waals surface area contributed by atoms with Gasteiger partial charge in [-0.25, -0.2) is 4.39 Å². The van der Waals surface area contributed by atoms with Crippen molar-refractivity contribution < 1.29 is 23.8 Å². The summed E-state index contributed by atoms with van der Waals surface area (Å²) in [4.78, 5) is 21.8. The van der Waals surface area contributed by atoms with E-state index in [9.17, 15) is 14.0 Å². The van der Waals surface area contributed by atoms with Crippen molar-refractivity contribution in [2.24, 2.45) is 0 Å². The molecule has 2 N–H and O–H groups in total. The van der Waals surface area contributed by atoms with Crippen molar-refractivity contribution in [3.63, 3.8) is 0 Å². The first-order valence-electron chi connectivity index (χ1n) is 5.37. The van der Waals surface area contributed by atoms with Crippen molar-refractivity contribution in [3.05, 3.63) is 30.1 Å². The van der Waals surface area contributed by atoms with Crippen molar-refractivity contribution in [1.29, 1.82) is 0 Å². The van der Waals surface area contributed by atoms with E-state index in [1.54, 1.807) is 6.92 Å². The summed E-state index contributed by atoms with van der Waals surface area (Å²) in [5.41, 5.74) is 0. The number of carbonyl (C=O) groups is 2. The number of benzene rings is 1. The Bertz CT molecular complexity index is 436. The van der Waals surface area contributed by atoms with Gasteiger partial charge < -0.3 is 15.2 Å². The number of amides is 1. The van der Waals surface area contributed by atoms with Crippen LogP contribution in [0.3, 0.4) is 0 Å². The Kier molecular flexibility index (Phi) is 5.10. The van der Waals surface area contributed by atoms with Gasteiger partial charge in [-0.1, -0.05) is 6.07 Å². The van der Waals surface area contributed by atoms with Gasteiger partial charge in [-0.2, -0.15) is 0 Å². The summed E-state index contributed by atoms with van der Waals surface area (Å²) in [5, 5.41) is 11.0. The molecule has 0 aromatic heterocycles. The second-order valence-corrected chi connectivity index (χ2v) is 3.81. The molecule has 0 heterocycles. The van der Waals surface area contributed by atoms with Crippen molar-refractivity contribution in [2.45, 2.75) is 19.4 Å². The van der Waals surface area contributed by atoms with Gasteiger partial charge in [-0.05, 0) is 19.1 Å². The first-order valence-corrected chi connectivity index (χ1v) is 5.37. The molecule has 0 bridgehead atoms.